The summed E-state index contributed by atoms with van der Waals surface area (Å²) in [5.74, 6) is 0.140. The number of para-hydroxylation sites is 1. The van der Waals surface area contributed by atoms with Crippen LogP contribution in [-0.4, -0.2) is 33.1 Å². The quantitative estimate of drug-likeness (QED) is 0.533. The molecule has 0 heterocycles. The zero-order valence-electron chi connectivity index (χ0n) is 11.6. The minimum atomic E-state index is -3.16. The number of benzene rings is 1. The summed E-state index contributed by atoms with van der Waals surface area (Å²) in [6.07, 6.45) is 3.38. The van der Waals surface area contributed by atoms with Gasteiger partial charge in [0.1, 0.15) is 0 Å². The van der Waals surface area contributed by atoms with E-state index >= 15 is 0 Å². The molecule has 5 heteroatoms. The van der Waals surface area contributed by atoms with E-state index in [4.69, 9.17) is 0 Å². The summed E-state index contributed by atoms with van der Waals surface area (Å²) in [4.78, 5) is 2.48. The van der Waals surface area contributed by atoms with Crippen LogP contribution in [0.4, 0.5) is 5.69 Å². The number of halogens is 1. The number of unbranched alkanes of at least 4 members (excludes halogenated alkanes) is 2. The fourth-order valence-electron chi connectivity index (χ4n) is 1.93. The molecule has 0 aliphatic rings. The summed E-state index contributed by atoms with van der Waals surface area (Å²) in [6, 6.07) is 7.25. The molecule has 0 N–H and O–H groups in total. The van der Waals surface area contributed by atoms with Crippen LogP contribution in [0.15, 0.2) is 29.2 Å². The molecule has 3 nitrogen and oxygen atoms in total. The molecule has 0 fully saturated rings. The second-order valence-corrected chi connectivity index (χ2v) is 7.58. The van der Waals surface area contributed by atoms with E-state index in [2.05, 4.69) is 15.9 Å². The highest BCUT2D eigenvalue weighted by atomic mass is 79.9. The monoisotopic (exact) mass is 347 g/mol. The Morgan fingerprint density at radius 3 is 2.47 bits per heavy atom. The third-order valence-electron chi connectivity index (χ3n) is 3.12. The van der Waals surface area contributed by atoms with Crippen LogP contribution in [0.2, 0.25) is 0 Å². The van der Waals surface area contributed by atoms with Crippen molar-refractivity contribution in [1.82, 2.24) is 0 Å². The molecule has 0 unspecified atom stereocenters. The van der Waals surface area contributed by atoms with Gasteiger partial charge in [0.25, 0.3) is 0 Å². The Morgan fingerprint density at radius 1 is 1.16 bits per heavy atom. The zero-order valence-corrected chi connectivity index (χ0v) is 14.0. The molecular formula is C14H22BrNO2S. The smallest absolute Gasteiger partial charge is 0.180 e. The van der Waals surface area contributed by atoms with Crippen LogP contribution in [0.3, 0.4) is 0 Å². The van der Waals surface area contributed by atoms with Crippen molar-refractivity contribution in [2.75, 3.05) is 29.6 Å². The molecule has 0 aliphatic carbocycles. The molecule has 0 saturated heterocycles. The summed E-state index contributed by atoms with van der Waals surface area (Å²) in [5.41, 5.74) is 0.809. The first-order valence-electron chi connectivity index (χ1n) is 6.61. The van der Waals surface area contributed by atoms with Gasteiger partial charge in [0, 0.05) is 18.9 Å². The average Bonchev–Trinajstić information content (AvgIpc) is 2.43. The lowest BCUT2D eigenvalue weighted by Crippen LogP contribution is -2.21. The molecule has 1 aromatic rings. The van der Waals surface area contributed by atoms with E-state index < -0.39 is 9.84 Å². The molecule has 0 bridgehead atoms. The van der Waals surface area contributed by atoms with Crippen LogP contribution < -0.4 is 4.90 Å². The SMILES string of the molecule is CCS(=O)(=O)c1ccccc1N(C)CCCCCBr. The normalized spacial score (nSPS) is 11.5. The van der Waals surface area contributed by atoms with E-state index in [0.29, 0.717) is 4.90 Å². The highest BCUT2D eigenvalue weighted by Gasteiger charge is 2.17. The van der Waals surface area contributed by atoms with Gasteiger partial charge in [-0.3, -0.25) is 0 Å². The van der Waals surface area contributed by atoms with Gasteiger partial charge in [-0.2, -0.15) is 0 Å². The molecule has 0 spiro atoms. The Bertz CT molecular complexity index is 488. The number of hydrogen-bond donors (Lipinski definition) is 0. The number of hydrogen-bond acceptors (Lipinski definition) is 3. The van der Waals surface area contributed by atoms with Crippen molar-refractivity contribution in [1.29, 1.82) is 0 Å². The van der Waals surface area contributed by atoms with Gasteiger partial charge in [0.05, 0.1) is 16.3 Å². The lowest BCUT2D eigenvalue weighted by atomic mass is 10.2. The van der Waals surface area contributed by atoms with E-state index in [9.17, 15) is 8.42 Å². The fourth-order valence-corrected chi connectivity index (χ4v) is 3.47. The highest BCUT2D eigenvalue weighted by molar-refractivity contribution is 9.09. The van der Waals surface area contributed by atoms with Crippen molar-refractivity contribution < 1.29 is 8.42 Å². The van der Waals surface area contributed by atoms with Crippen molar-refractivity contribution in [3.05, 3.63) is 24.3 Å². The molecule has 19 heavy (non-hydrogen) atoms. The second-order valence-electron chi connectivity index (χ2n) is 4.54. The standard InChI is InChI=1S/C14H22BrNO2S/c1-3-19(17,18)14-10-6-5-9-13(14)16(2)12-8-4-7-11-15/h5-6,9-10H,3-4,7-8,11-12H2,1-2H3. The number of alkyl halides is 1. The topological polar surface area (TPSA) is 37.4 Å². The van der Waals surface area contributed by atoms with Gasteiger partial charge < -0.3 is 4.90 Å². The predicted octanol–water partition coefficient (Wildman–Crippen LogP) is 3.48. The first-order valence-corrected chi connectivity index (χ1v) is 9.39. The summed E-state index contributed by atoms with van der Waals surface area (Å²) in [5, 5.41) is 1.03. The van der Waals surface area contributed by atoms with Crippen LogP contribution in [0.1, 0.15) is 26.2 Å². The van der Waals surface area contributed by atoms with Gasteiger partial charge >= 0.3 is 0 Å². The van der Waals surface area contributed by atoms with Crippen LogP contribution in [0.25, 0.3) is 0 Å². The van der Waals surface area contributed by atoms with E-state index in [-0.39, 0.29) is 5.75 Å². The van der Waals surface area contributed by atoms with Crippen LogP contribution in [-0.2, 0) is 9.84 Å². The average molecular weight is 348 g/mol. The lowest BCUT2D eigenvalue weighted by molar-refractivity contribution is 0.596. The number of nitrogens with zero attached hydrogens (tertiary/aromatic N) is 1. The van der Waals surface area contributed by atoms with Crippen molar-refractivity contribution >= 4 is 31.5 Å². The van der Waals surface area contributed by atoms with Crippen LogP contribution in [0.5, 0.6) is 0 Å². The minimum Gasteiger partial charge on any atom is -0.374 e. The molecule has 0 aromatic heterocycles. The third kappa shape index (κ3) is 4.80. The van der Waals surface area contributed by atoms with Crippen molar-refractivity contribution in [2.45, 2.75) is 31.1 Å². The van der Waals surface area contributed by atoms with Gasteiger partial charge in [-0.25, -0.2) is 8.42 Å². The Labute approximate surface area is 125 Å². The Balaban J connectivity index is 2.83. The number of anilines is 1. The molecule has 0 amide bonds. The van der Waals surface area contributed by atoms with Crippen molar-refractivity contribution in [2.24, 2.45) is 0 Å². The van der Waals surface area contributed by atoms with Crippen molar-refractivity contribution in [3.8, 4) is 0 Å². The summed E-state index contributed by atoms with van der Waals surface area (Å²) in [7, 11) is -1.20. The van der Waals surface area contributed by atoms with Crippen LogP contribution in [0, 0.1) is 0 Å². The summed E-state index contributed by atoms with van der Waals surface area (Å²) < 4.78 is 24.1. The Hall–Kier alpha value is -0.550. The van der Waals surface area contributed by atoms with Gasteiger partial charge in [0.15, 0.2) is 9.84 Å². The van der Waals surface area contributed by atoms with E-state index in [1.54, 1.807) is 19.1 Å². The van der Waals surface area contributed by atoms with Gasteiger partial charge in [0.2, 0.25) is 0 Å². The van der Waals surface area contributed by atoms with Gasteiger partial charge in [-0.15, -0.1) is 0 Å². The van der Waals surface area contributed by atoms with Gasteiger partial charge in [-0.05, 0) is 25.0 Å². The maximum atomic E-state index is 12.1. The molecule has 1 rings (SSSR count). The first kappa shape index (κ1) is 16.5. The first-order chi connectivity index (χ1) is 9.03. The fraction of sp³-hybridized carbons (Fsp3) is 0.571. The van der Waals surface area contributed by atoms with Crippen molar-refractivity contribution in [3.63, 3.8) is 0 Å². The van der Waals surface area contributed by atoms with Gasteiger partial charge in [-0.1, -0.05) is 41.4 Å². The molecule has 0 radical (unpaired) electrons. The third-order valence-corrected chi connectivity index (χ3v) is 5.45. The predicted molar refractivity (Wildman–Crippen MR) is 85.1 cm³/mol. The second kappa shape index (κ2) is 7.90. The maximum absolute atomic E-state index is 12.1. The van der Waals surface area contributed by atoms with E-state index in [1.807, 2.05) is 24.1 Å². The summed E-state index contributed by atoms with van der Waals surface area (Å²) >= 11 is 3.42. The van der Waals surface area contributed by atoms with E-state index in [0.717, 1.165) is 36.8 Å². The molecular weight excluding hydrogens is 326 g/mol. The Morgan fingerprint density at radius 2 is 1.84 bits per heavy atom. The summed E-state index contributed by atoms with van der Waals surface area (Å²) in [6.45, 7) is 2.56. The number of sulfone groups is 1. The lowest BCUT2D eigenvalue weighted by Gasteiger charge is -2.22. The van der Waals surface area contributed by atoms with E-state index in [1.165, 1.54) is 0 Å². The van der Waals surface area contributed by atoms with Crippen LogP contribution >= 0.6 is 15.9 Å². The molecule has 108 valence electrons. The maximum Gasteiger partial charge on any atom is 0.180 e. The number of rotatable bonds is 8. The minimum absolute atomic E-state index is 0.140. The molecule has 1 aromatic carbocycles. The molecule has 0 aliphatic heterocycles. The zero-order chi connectivity index (χ0) is 14.3. The Kier molecular flexibility index (Phi) is 6.86. The highest BCUT2D eigenvalue weighted by Crippen LogP contribution is 2.25. The molecule has 0 saturated carbocycles. The largest absolute Gasteiger partial charge is 0.374 e. The molecule has 0 atom stereocenters.